The van der Waals surface area contributed by atoms with E-state index in [0.717, 1.165) is 18.6 Å². The van der Waals surface area contributed by atoms with Crippen molar-refractivity contribution in [3.05, 3.63) is 65.2 Å². The molecule has 0 N–H and O–H groups in total. The highest BCUT2D eigenvalue weighted by atomic mass is 16.5. The molecule has 0 radical (unpaired) electrons. The Hall–Kier alpha value is -1.76. The molecule has 0 heterocycles. The van der Waals surface area contributed by atoms with Gasteiger partial charge in [0.05, 0.1) is 7.11 Å². The molecular weight excluding hydrogens is 256 g/mol. The quantitative estimate of drug-likeness (QED) is 0.671. The number of hydrogen-bond acceptors (Lipinski definition) is 1. The third-order valence-electron chi connectivity index (χ3n) is 3.72. The standard InChI is InChI=1S/C18H22O.C2H6/c1-4-14-6-8-15(9-7-14)18(5-2)16-10-12-17(19-3)13-11-16;1-2/h6-13,18H,4-5H2,1-3H3;1-2H3. The first-order valence-corrected chi connectivity index (χ1v) is 8.01. The van der Waals surface area contributed by atoms with Crippen molar-refractivity contribution in [3.63, 3.8) is 0 Å². The molecular formula is C20H28O. The van der Waals surface area contributed by atoms with Crippen LogP contribution < -0.4 is 4.74 Å². The molecule has 1 heteroatoms. The van der Waals surface area contributed by atoms with Crippen molar-refractivity contribution in [1.29, 1.82) is 0 Å². The van der Waals surface area contributed by atoms with Crippen LogP contribution in [0, 0.1) is 0 Å². The lowest BCUT2D eigenvalue weighted by atomic mass is 9.88. The first-order chi connectivity index (χ1) is 10.3. The van der Waals surface area contributed by atoms with Gasteiger partial charge in [0.1, 0.15) is 5.75 Å². The highest BCUT2D eigenvalue weighted by Crippen LogP contribution is 2.29. The normalized spacial score (nSPS) is 11.3. The molecule has 1 unspecified atom stereocenters. The van der Waals surface area contributed by atoms with E-state index in [-0.39, 0.29) is 0 Å². The summed E-state index contributed by atoms with van der Waals surface area (Å²) >= 11 is 0. The van der Waals surface area contributed by atoms with Gasteiger partial charge in [-0.15, -0.1) is 0 Å². The van der Waals surface area contributed by atoms with E-state index in [2.05, 4.69) is 50.2 Å². The zero-order valence-corrected chi connectivity index (χ0v) is 14.0. The Bertz CT molecular complexity index is 449. The summed E-state index contributed by atoms with van der Waals surface area (Å²) in [5.41, 5.74) is 4.14. The molecule has 0 aliphatic carbocycles. The minimum absolute atomic E-state index is 0.469. The Labute approximate surface area is 130 Å². The minimum atomic E-state index is 0.469. The van der Waals surface area contributed by atoms with E-state index in [1.807, 2.05) is 26.0 Å². The van der Waals surface area contributed by atoms with Gasteiger partial charge >= 0.3 is 0 Å². The van der Waals surface area contributed by atoms with Gasteiger partial charge in [-0.1, -0.05) is 64.1 Å². The molecule has 0 aliphatic rings. The number of ether oxygens (including phenoxy) is 1. The van der Waals surface area contributed by atoms with Gasteiger partial charge in [-0.2, -0.15) is 0 Å². The molecule has 2 rings (SSSR count). The van der Waals surface area contributed by atoms with Crippen LogP contribution in [0.2, 0.25) is 0 Å². The Balaban J connectivity index is 0.00000106. The van der Waals surface area contributed by atoms with Gasteiger partial charge in [0.2, 0.25) is 0 Å². The SMILES string of the molecule is CC.CCc1ccc(C(CC)c2ccc(OC)cc2)cc1. The molecule has 0 aromatic heterocycles. The first-order valence-electron chi connectivity index (χ1n) is 8.01. The second kappa shape index (κ2) is 9.23. The Kier molecular flexibility index (Phi) is 7.60. The van der Waals surface area contributed by atoms with Crippen LogP contribution >= 0.6 is 0 Å². The molecule has 0 spiro atoms. The first kappa shape index (κ1) is 17.3. The van der Waals surface area contributed by atoms with Crippen molar-refractivity contribution < 1.29 is 4.74 Å². The maximum Gasteiger partial charge on any atom is 0.118 e. The zero-order chi connectivity index (χ0) is 15.7. The minimum Gasteiger partial charge on any atom is -0.497 e. The van der Waals surface area contributed by atoms with Crippen LogP contribution in [-0.4, -0.2) is 7.11 Å². The molecule has 2 aromatic rings. The number of methoxy groups -OCH3 is 1. The highest BCUT2D eigenvalue weighted by Gasteiger charge is 2.11. The van der Waals surface area contributed by atoms with E-state index in [0.29, 0.717) is 5.92 Å². The van der Waals surface area contributed by atoms with E-state index in [1.165, 1.54) is 16.7 Å². The van der Waals surface area contributed by atoms with Crippen LogP contribution in [0.25, 0.3) is 0 Å². The summed E-state index contributed by atoms with van der Waals surface area (Å²) in [6.07, 6.45) is 2.21. The molecule has 0 saturated heterocycles. The molecule has 1 atom stereocenters. The van der Waals surface area contributed by atoms with E-state index >= 15 is 0 Å². The summed E-state index contributed by atoms with van der Waals surface area (Å²) in [5.74, 6) is 1.39. The van der Waals surface area contributed by atoms with Gasteiger partial charge in [-0.3, -0.25) is 0 Å². The van der Waals surface area contributed by atoms with Crippen molar-refractivity contribution in [3.8, 4) is 5.75 Å². The van der Waals surface area contributed by atoms with E-state index < -0.39 is 0 Å². The molecule has 21 heavy (non-hydrogen) atoms. The van der Waals surface area contributed by atoms with Gasteiger partial charge in [0.25, 0.3) is 0 Å². The van der Waals surface area contributed by atoms with E-state index in [9.17, 15) is 0 Å². The molecule has 1 nitrogen and oxygen atoms in total. The van der Waals surface area contributed by atoms with E-state index in [4.69, 9.17) is 4.74 Å². The molecule has 0 amide bonds. The van der Waals surface area contributed by atoms with Gasteiger partial charge in [0, 0.05) is 5.92 Å². The number of aryl methyl sites for hydroxylation is 1. The maximum absolute atomic E-state index is 5.22. The third-order valence-corrected chi connectivity index (χ3v) is 3.72. The fraction of sp³-hybridized carbons (Fsp3) is 0.400. The Morgan fingerprint density at radius 2 is 1.29 bits per heavy atom. The molecule has 0 bridgehead atoms. The highest BCUT2D eigenvalue weighted by molar-refractivity contribution is 5.37. The lowest BCUT2D eigenvalue weighted by molar-refractivity contribution is 0.414. The summed E-state index contributed by atoms with van der Waals surface area (Å²) in [7, 11) is 1.70. The topological polar surface area (TPSA) is 9.23 Å². The maximum atomic E-state index is 5.22. The van der Waals surface area contributed by atoms with Crippen molar-refractivity contribution in [2.45, 2.75) is 46.5 Å². The van der Waals surface area contributed by atoms with Crippen molar-refractivity contribution in [1.82, 2.24) is 0 Å². The van der Waals surface area contributed by atoms with Gasteiger partial charge < -0.3 is 4.74 Å². The van der Waals surface area contributed by atoms with Crippen LogP contribution in [-0.2, 0) is 6.42 Å². The average molecular weight is 284 g/mol. The van der Waals surface area contributed by atoms with Crippen LogP contribution in [0.1, 0.15) is 56.7 Å². The fourth-order valence-corrected chi connectivity index (χ4v) is 2.49. The fourth-order valence-electron chi connectivity index (χ4n) is 2.49. The number of rotatable bonds is 5. The summed E-state index contributed by atoms with van der Waals surface area (Å²) in [6.45, 7) is 8.43. The summed E-state index contributed by atoms with van der Waals surface area (Å²) in [5, 5.41) is 0. The zero-order valence-electron chi connectivity index (χ0n) is 14.0. The largest absolute Gasteiger partial charge is 0.497 e. The smallest absolute Gasteiger partial charge is 0.118 e. The van der Waals surface area contributed by atoms with Crippen LogP contribution in [0.15, 0.2) is 48.5 Å². The van der Waals surface area contributed by atoms with Crippen LogP contribution in [0.4, 0.5) is 0 Å². The molecule has 2 aromatic carbocycles. The third kappa shape index (κ3) is 4.63. The molecule has 0 fully saturated rings. The lowest BCUT2D eigenvalue weighted by Crippen LogP contribution is -2.00. The number of benzene rings is 2. The Morgan fingerprint density at radius 3 is 1.67 bits per heavy atom. The summed E-state index contributed by atoms with van der Waals surface area (Å²) in [4.78, 5) is 0. The van der Waals surface area contributed by atoms with Crippen molar-refractivity contribution in [2.24, 2.45) is 0 Å². The predicted octanol–water partition coefficient (Wildman–Crippen LogP) is 5.83. The molecule has 114 valence electrons. The lowest BCUT2D eigenvalue weighted by Gasteiger charge is -2.16. The van der Waals surface area contributed by atoms with E-state index in [1.54, 1.807) is 7.11 Å². The number of hydrogen-bond donors (Lipinski definition) is 0. The van der Waals surface area contributed by atoms with Crippen molar-refractivity contribution in [2.75, 3.05) is 7.11 Å². The summed E-state index contributed by atoms with van der Waals surface area (Å²) < 4.78 is 5.22. The average Bonchev–Trinajstić information content (AvgIpc) is 2.58. The van der Waals surface area contributed by atoms with Crippen LogP contribution in [0.5, 0.6) is 5.75 Å². The predicted molar refractivity (Wildman–Crippen MR) is 92.3 cm³/mol. The van der Waals surface area contributed by atoms with Gasteiger partial charge in [0.15, 0.2) is 0 Å². The van der Waals surface area contributed by atoms with Crippen LogP contribution in [0.3, 0.4) is 0 Å². The Morgan fingerprint density at radius 1 is 0.810 bits per heavy atom. The summed E-state index contributed by atoms with van der Waals surface area (Å²) in [6, 6.07) is 17.4. The molecule has 0 saturated carbocycles. The monoisotopic (exact) mass is 284 g/mol. The molecule has 0 aliphatic heterocycles. The second-order valence-corrected chi connectivity index (χ2v) is 4.83. The van der Waals surface area contributed by atoms with Gasteiger partial charge in [-0.25, -0.2) is 0 Å². The second-order valence-electron chi connectivity index (χ2n) is 4.83. The van der Waals surface area contributed by atoms with Gasteiger partial charge in [-0.05, 0) is 41.7 Å². The van der Waals surface area contributed by atoms with Crippen molar-refractivity contribution >= 4 is 0 Å².